The van der Waals surface area contributed by atoms with Gasteiger partial charge >= 0.3 is 0 Å². The Kier molecular flexibility index (Phi) is 3.21. The first-order valence-corrected chi connectivity index (χ1v) is 3.72. The second-order valence-corrected chi connectivity index (χ2v) is 2.36. The van der Waals surface area contributed by atoms with Gasteiger partial charge in [-0.15, -0.1) is 12.3 Å². The van der Waals surface area contributed by atoms with E-state index in [2.05, 4.69) is 16.2 Å². The summed E-state index contributed by atoms with van der Waals surface area (Å²) in [6.45, 7) is 0.423. The molecule has 1 N–H and O–H groups in total. The van der Waals surface area contributed by atoms with Crippen LogP contribution in [0.5, 0.6) is 0 Å². The minimum absolute atomic E-state index is 0.0247. The number of pyridine rings is 1. The Bertz CT molecular complexity index is 331. The standard InChI is InChI=1S/C9H8F2N2/c1-2-3-4-12-9-8(11)5-7(10)6-13-9/h1,5-6H,3-4H2,(H,12,13). The summed E-state index contributed by atoms with van der Waals surface area (Å²) in [4.78, 5) is 3.52. The highest BCUT2D eigenvalue weighted by Gasteiger charge is 2.03. The van der Waals surface area contributed by atoms with Gasteiger partial charge in [-0.1, -0.05) is 0 Å². The average molecular weight is 182 g/mol. The summed E-state index contributed by atoms with van der Waals surface area (Å²) in [7, 11) is 0. The number of nitrogens with one attached hydrogen (secondary N) is 1. The third-order valence-electron chi connectivity index (χ3n) is 1.37. The molecule has 2 nitrogen and oxygen atoms in total. The van der Waals surface area contributed by atoms with Crippen molar-refractivity contribution in [2.24, 2.45) is 0 Å². The van der Waals surface area contributed by atoms with Crippen LogP contribution in [0.1, 0.15) is 6.42 Å². The van der Waals surface area contributed by atoms with Crippen molar-refractivity contribution in [2.45, 2.75) is 6.42 Å². The Hall–Kier alpha value is -1.63. The smallest absolute Gasteiger partial charge is 0.168 e. The van der Waals surface area contributed by atoms with E-state index in [-0.39, 0.29) is 5.82 Å². The number of terminal acetylenes is 1. The third-order valence-corrected chi connectivity index (χ3v) is 1.37. The summed E-state index contributed by atoms with van der Waals surface area (Å²) in [5.74, 6) is 1.00. The average Bonchev–Trinajstić information content (AvgIpc) is 2.09. The summed E-state index contributed by atoms with van der Waals surface area (Å²) in [6.07, 6.45) is 6.41. The summed E-state index contributed by atoms with van der Waals surface area (Å²) >= 11 is 0. The fraction of sp³-hybridized carbons (Fsp3) is 0.222. The van der Waals surface area contributed by atoms with Gasteiger partial charge in [0.2, 0.25) is 0 Å². The first-order valence-electron chi connectivity index (χ1n) is 3.72. The van der Waals surface area contributed by atoms with E-state index in [0.29, 0.717) is 13.0 Å². The Labute approximate surface area is 75.0 Å². The van der Waals surface area contributed by atoms with Crippen LogP contribution in [-0.2, 0) is 0 Å². The van der Waals surface area contributed by atoms with Crippen molar-refractivity contribution >= 4 is 5.82 Å². The molecule has 0 atom stereocenters. The molecular weight excluding hydrogens is 174 g/mol. The number of anilines is 1. The second-order valence-electron chi connectivity index (χ2n) is 2.36. The summed E-state index contributed by atoms with van der Waals surface area (Å²) < 4.78 is 25.2. The quantitative estimate of drug-likeness (QED) is 0.569. The van der Waals surface area contributed by atoms with E-state index in [1.54, 1.807) is 0 Å². The zero-order valence-corrected chi connectivity index (χ0v) is 6.85. The lowest BCUT2D eigenvalue weighted by Crippen LogP contribution is -2.04. The van der Waals surface area contributed by atoms with E-state index in [1.807, 2.05) is 0 Å². The molecule has 0 aromatic carbocycles. The van der Waals surface area contributed by atoms with Gasteiger partial charge in [0.15, 0.2) is 11.6 Å². The molecule has 0 radical (unpaired) electrons. The van der Waals surface area contributed by atoms with Crippen molar-refractivity contribution < 1.29 is 8.78 Å². The van der Waals surface area contributed by atoms with Crippen LogP contribution in [0.4, 0.5) is 14.6 Å². The normalized spacial score (nSPS) is 9.31. The molecular formula is C9H8F2N2. The number of hydrogen-bond acceptors (Lipinski definition) is 2. The van der Waals surface area contributed by atoms with Gasteiger partial charge in [-0.25, -0.2) is 13.8 Å². The van der Waals surface area contributed by atoms with Crippen molar-refractivity contribution in [2.75, 3.05) is 11.9 Å². The van der Waals surface area contributed by atoms with Crippen LogP contribution >= 0.6 is 0 Å². The molecule has 0 saturated carbocycles. The predicted octanol–water partition coefficient (Wildman–Crippen LogP) is 1.79. The molecule has 0 fully saturated rings. The fourth-order valence-electron chi connectivity index (χ4n) is 0.798. The van der Waals surface area contributed by atoms with Crippen molar-refractivity contribution in [1.82, 2.24) is 4.98 Å². The maximum absolute atomic E-state index is 12.9. The van der Waals surface area contributed by atoms with Crippen LogP contribution in [0.15, 0.2) is 12.3 Å². The molecule has 4 heteroatoms. The zero-order valence-electron chi connectivity index (χ0n) is 6.85. The van der Waals surface area contributed by atoms with Crippen molar-refractivity contribution in [3.05, 3.63) is 23.9 Å². The highest BCUT2D eigenvalue weighted by Crippen LogP contribution is 2.10. The largest absolute Gasteiger partial charge is 0.367 e. The highest BCUT2D eigenvalue weighted by molar-refractivity contribution is 5.35. The van der Waals surface area contributed by atoms with Gasteiger partial charge in [0, 0.05) is 19.0 Å². The van der Waals surface area contributed by atoms with Crippen molar-refractivity contribution in [3.63, 3.8) is 0 Å². The van der Waals surface area contributed by atoms with Crippen LogP contribution in [0.3, 0.4) is 0 Å². The second kappa shape index (κ2) is 4.41. The summed E-state index contributed by atoms with van der Waals surface area (Å²) in [6, 6.07) is 0.769. The molecule has 1 rings (SSSR count). The molecule has 0 aliphatic heterocycles. The Morgan fingerprint density at radius 2 is 2.31 bits per heavy atom. The molecule has 0 spiro atoms. The van der Waals surface area contributed by atoms with E-state index in [0.717, 1.165) is 12.3 Å². The molecule has 0 aliphatic carbocycles. The lowest BCUT2D eigenvalue weighted by Gasteiger charge is -2.03. The van der Waals surface area contributed by atoms with Crippen LogP contribution in [-0.4, -0.2) is 11.5 Å². The molecule has 1 heterocycles. The third kappa shape index (κ3) is 2.71. The summed E-state index contributed by atoms with van der Waals surface area (Å²) in [5.41, 5.74) is 0. The molecule has 0 saturated heterocycles. The maximum Gasteiger partial charge on any atom is 0.168 e. The topological polar surface area (TPSA) is 24.9 Å². The zero-order chi connectivity index (χ0) is 9.68. The van der Waals surface area contributed by atoms with Crippen LogP contribution in [0, 0.1) is 24.0 Å². The minimum Gasteiger partial charge on any atom is -0.367 e. The van der Waals surface area contributed by atoms with Gasteiger partial charge in [0.05, 0.1) is 6.20 Å². The highest BCUT2D eigenvalue weighted by atomic mass is 19.1. The van der Waals surface area contributed by atoms with Crippen molar-refractivity contribution in [3.8, 4) is 12.3 Å². The molecule has 1 aromatic heterocycles. The molecule has 0 aliphatic rings. The van der Waals surface area contributed by atoms with E-state index in [9.17, 15) is 8.78 Å². The Balaban J connectivity index is 2.62. The first kappa shape index (κ1) is 9.46. The first-order chi connectivity index (χ1) is 6.24. The van der Waals surface area contributed by atoms with Gasteiger partial charge in [-0.2, -0.15) is 0 Å². The summed E-state index contributed by atoms with van der Waals surface area (Å²) in [5, 5.41) is 2.65. The number of aromatic nitrogens is 1. The van der Waals surface area contributed by atoms with Gasteiger partial charge in [0.25, 0.3) is 0 Å². The van der Waals surface area contributed by atoms with E-state index in [4.69, 9.17) is 6.42 Å². The maximum atomic E-state index is 12.9. The number of halogens is 2. The van der Waals surface area contributed by atoms with E-state index in [1.165, 1.54) is 0 Å². The van der Waals surface area contributed by atoms with Gasteiger partial charge in [-0.05, 0) is 0 Å². The Morgan fingerprint density at radius 3 is 2.92 bits per heavy atom. The number of nitrogens with zero attached hydrogens (tertiary/aromatic N) is 1. The van der Waals surface area contributed by atoms with Crippen LogP contribution in [0.2, 0.25) is 0 Å². The fourth-order valence-corrected chi connectivity index (χ4v) is 0.798. The van der Waals surface area contributed by atoms with Crippen LogP contribution in [0.25, 0.3) is 0 Å². The van der Waals surface area contributed by atoms with Gasteiger partial charge < -0.3 is 5.32 Å². The molecule has 0 unspecified atom stereocenters. The molecule has 0 amide bonds. The SMILES string of the molecule is C#CCCNc1ncc(F)cc1F. The van der Waals surface area contributed by atoms with E-state index < -0.39 is 11.6 Å². The predicted molar refractivity (Wildman–Crippen MR) is 46.1 cm³/mol. The van der Waals surface area contributed by atoms with Gasteiger partial charge in [0.1, 0.15) is 5.82 Å². The lowest BCUT2D eigenvalue weighted by molar-refractivity contribution is 0.575. The van der Waals surface area contributed by atoms with E-state index >= 15 is 0 Å². The molecule has 68 valence electrons. The molecule has 13 heavy (non-hydrogen) atoms. The number of rotatable bonds is 3. The minimum atomic E-state index is -0.711. The van der Waals surface area contributed by atoms with Crippen molar-refractivity contribution in [1.29, 1.82) is 0 Å². The molecule has 0 bridgehead atoms. The molecule has 1 aromatic rings. The Morgan fingerprint density at radius 1 is 1.54 bits per heavy atom. The van der Waals surface area contributed by atoms with Crippen LogP contribution < -0.4 is 5.32 Å². The number of hydrogen-bond donors (Lipinski definition) is 1. The monoisotopic (exact) mass is 182 g/mol. The van der Waals surface area contributed by atoms with Gasteiger partial charge in [-0.3, -0.25) is 0 Å². The lowest BCUT2D eigenvalue weighted by atomic mass is 10.4.